The second kappa shape index (κ2) is 11.0. The molecule has 0 saturated heterocycles. The average molecular weight is 485 g/mol. The van der Waals surface area contributed by atoms with Gasteiger partial charge in [0.05, 0.1) is 24.6 Å². The van der Waals surface area contributed by atoms with E-state index in [1.807, 2.05) is 34.9 Å². The van der Waals surface area contributed by atoms with E-state index in [0.29, 0.717) is 28.8 Å². The second-order valence-corrected chi connectivity index (χ2v) is 8.33. The summed E-state index contributed by atoms with van der Waals surface area (Å²) in [5.41, 5.74) is 1.71. The minimum Gasteiger partial charge on any atom is -0.461 e. The Morgan fingerprint density at radius 1 is 1.12 bits per heavy atom. The number of benzene rings is 2. The van der Waals surface area contributed by atoms with E-state index in [1.54, 1.807) is 37.5 Å². The monoisotopic (exact) mass is 484 g/mol. The molecule has 1 N–H and O–H groups in total. The van der Waals surface area contributed by atoms with Crippen molar-refractivity contribution < 1.29 is 22.7 Å². The van der Waals surface area contributed by atoms with Crippen molar-refractivity contribution in [3.63, 3.8) is 0 Å². The van der Waals surface area contributed by atoms with Crippen LogP contribution in [0.4, 0.5) is 8.78 Å². The summed E-state index contributed by atoms with van der Waals surface area (Å²) in [4.78, 5) is 12.6. The van der Waals surface area contributed by atoms with Crippen LogP contribution in [0.15, 0.2) is 82.6 Å². The maximum atomic E-state index is 12.6. The number of hydrogen-bond acceptors (Lipinski definition) is 6. The number of aromatic nitrogens is 3. The Balaban J connectivity index is 1.43. The molecule has 0 saturated carbocycles. The van der Waals surface area contributed by atoms with Crippen LogP contribution >= 0.6 is 11.8 Å². The molecule has 2 aromatic carbocycles. The lowest BCUT2D eigenvalue weighted by atomic mass is 10.1. The third-order valence-corrected chi connectivity index (χ3v) is 5.90. The molecule has 1 unspecified atom stereocenters. The number of alkyl halides is 2. The quantitative estimate of drug-likeness (QED) is 0.313. The second-order valence-electron chi connectivity index (χ2n) is 7.38. The summed E-state index contributed by atoms with van der Waals surface area (Å²) in [7, 11) is 0. The molecule has 2 heterocycles. The summed E-state index contributed by atoms with van der Waals surface area (Å²) >= 11 is 1.25. The van der Waals surface area contributed by atoms with Gasteiger partial charge in [-0.2, -0.15) is 8.78 Å². The highest BCUT2D eigenvalue weighted by Crippen LogP contribution is 2.26. The van der Waals surface area contributed by atoms with Crippen LogP contribution in [0.3, 0.4) is 0 Å². The Kier molecular flexibility index (Phi) is 7.58. The van der Waals surface area contributed by atoms with Crippen LogP contribution in [0.1, 0.15) is 24.1 Å². The van der Waals surface area contributed by atoms with E-state index in [4.69, 9.17) is 4.42 Å². The molecule has 0 bridgehead atoms. The summed E-state index contributed by atoms with van der Waals surface area (Å²) in [6.07, 6.45) is 1.57. The molecular formula is C24H22F2N4O3S. The minimum absolute atomic E-state index is 0.0439. The van der Waals surface area contributed by atoms with Crippen molar-refractivity contribution in [2.45, 2.75) is 31.3 Å². The lowest BCUT2D eigenvalue weighted by molar-refractivity contribution is -0.119. The first-order chi connectivity index (χ1) is 16.5. The maximum absolute atomic E-state index is 12.6. The summed E-state index contributed by atoms with van der Waals surface area (Å²) in [6, 6.07) is 19.3. The summed E-state index contributed by atoms with van der Waals surface area (Å²) in [6.45, 7) is -0.617. The molecule has 0 spiro atoms. The Bertz CT molecular complexity index is 1220. The molecule has 0 aliphatic rings. The van der Waals surface area contributed by atoms with E-state index in [9.17, 15) is 13.6 Å². The van der Waals surface area contributed by atoms with E-state index in [0.717, 1.165) is 5.56 Å². The lowest BCUT2D eigenvalue weighted by Crippen LogP contribution is -2.28. The fraction of sp³-hybridized carbons (Fsp3) is 0.208. The number of halogens is 2. The van der Waals surface area contributed by atoms with Crippen LogP contribution in [0.25, 0.3) is 11.6 Å². The number of furan rings is 1. The molecule has 2 aromatic heterocycles. The first-order valence-electron chi connectivity index (χ1n) is 10.5. The highest BCUT2D eigenvalue weighted by atomic mass is 32.2. The average Bonchev–Trinajstić information content (AvgIpc) is 3.48. The zero-order valence-corrected chi connectivity index (χ0v) is 19.0. The van der Waals surface area contributed by atoms with Crippen LogP contribution in [0.5, 0.6) is 5.75 Å². The van der Waals surface area contributed by atoms with Gasteiger partial charge in [-0.3, -0.25) is 9.36 Å². The van der Waals surface area contributed by atoms with Gasteiger partial charge in [-0.15, -0.1) is 10.2 Å². The minimum atomic E-state index is -2.91. The maximum Gasteiger partial charge on any atom is 0.387 e. The van der Waals surface area contributed by atoms with Crippen LogP contribution < -0.4 is 10.1 Å². The third-order valence-electron chi connectivity index (χ3n) is 4.94. The standard InChI is InChI=1S/C24H22F2N4O3S/c1-16(18-9-5-10-19(13-18)33-23(25)26)27-21(31)15-34-24-29-28-22(20-11-6-12-32-20)30(24)14-17-7-3-2-4-8-17/h2-13,16,23H,14-15H2,1H3,(H,27,31). The molecule has 10 heteroatoms. The SMILES string of the molecule is CC(NC(=O)CSc1nnc(-c2ccco2)n1Cc1ccccc1)c1cccc(OC(F)F)c1. The molecular weight excluding hydrogens is 462 g/mol. The zero-order chi connectivity index (χ0) is 23.9. The van der Waals surface area contributed by atoms with Crippen LogP contribution in [-0.2, 0) is 11.3 Å². The molecule has 0 fully saturated rings. The van der Waals surface area contributed by atoms with Crippen LogP contribution in [0.2, 0.25) is 0 Å². The molecule has 4 aromatic rings. The predicted molar refractivity (Wildman–Crippen MR) is 124 cm³/mol. The largest absolute Gasteiger partial charge is 0.461 e. The van der Waals surface area contributed by atoms with Crippen molar-refractivity contribution in [3.8, 4) is 17.3 Å². The molecule has 1 atom stereocenters. The lowest BCUT2D eigenvalue weighted by Gasteiger charge is -2.15. The number of thioether (sulfide) groups is 1. The fourth-order valence-electron chi connectivity index (χ4n) is 3.35. The van der Waals surface area contributed by atoms with Crippen molar-refractivity contribution in [1.82, 2.24) is 20.1 Å². The van der Waals surface area contributed by atoms with Crippen molar-refractivity contribution in [1.29, 1.82) is 0 Å². The van der Waals surface area contributed by atoms with Crippen molar-refractivity contribution in [2.24, 2.45) is 0 Å². The van der Waals surface area contributed by atoms with E-state index in [2.05, 4.69) is 20.3 Å². The Labute approximate surface area is 199 Å². The van der Waals surface area contributed by atoms with Crippen molar-refractivity contribution in [3.05, 3.63) is 84.1 Å². The van der Waals surface area contributed by atoms with Crippen molar-refractivity contribution in [2.75, 3.05) is 5.75 Å². The Morgan fingerprint density at radius 3 is 2.68 bits per heavy atom. The number of nitrogens with zero attached hydrogens (tertiary/aromatic N) is 3. The van der Waals surface area contributed by atoms with Gasteiger partial charge in [0, 0.05) is 0 Å². The summed E-state index contributed by atoms with van der Waals surface area (Å²) in [5, 5.41) is 12.0. The number of carbonyl (C=O) groups is 1. The van der Waals surface area contributed by atoms with E-state index in [-0.39, 0.29) is 17.4 Å². The van der Waals surface area contributed by atoms with E-state index in [1.165, 1.54) is 23.9 Å². The first-order valence-corrected chi connectivity index (χ1v) is 11.5. The zero-order valence-electron chi connectivity index (χ0n) is 18.2. The van der Waals surface area contributed by atoms with Gasteiger partial charge in [0.2, 0.25) is 11.7 Å². The van der Waals surface area contributed by atoms with Gasteiger partial charge in [-0.1, -0.05) is 54.2 Å². The van der Waals surface area contributed by atoms with Crippen LogP contribution in [-0.4, -0.2) is 33.0 Å². The number of amides is 1. The van der Waals surface area contributed by atoms with Gasteiger partial charge in [0.1, 0.15) is 5.75 Å². The molecule has 0 radical (unpaired) electrons. The Morgan fingerprint density at radius 2 is 1.94 bits per heavy atom. The predicted octanol–water partition coefficient (Wildman–Crippen LogP) is 5.16. The van der Waals surface area contributed by atoms with Gasteiger partial charge < -0.3 is 14.5 Å². The summed E-state index contributed by atoms with van der Waals surface area (Å²) in [5.74, 6) is 1.07. The van der Waals surface area contributed by atoms with E-state index >= 15 is 0 Å². The third kappa shape index (κ3) is 6.02. The number of carbonyl (C=O) groups excluding carboxylic acids is 1. The first kappa shape index (κ1) is 23.5. The molecule has 4 rings (SSSR count). The van der Waals surface area contributed by atoms with Crippen LogP contribution in [0, 0.1) is 0 Å². The van der Waals surface area contributed by atoms with Gasteiger partial charge in [0.15, 0.2) is 10.9 Å². The molecule has 176 valence electrons. The molecule has 0 aliphatic heterocycles. The van der Waals surface area contributed by atoms with E-state index < -0.39 is 12.7 Å². The number of nitrogens with one attached hydrogen (secondary N) is 1. The fourth-order valence-corrected chi connectivity index (χ4v) is 4.10. The van der Waals surface area contributed by atoms with Gasteiger partial charge in [-0.25, -0.2) is 0 Å². The molecule has 1 amide bonds. The Hall–Kier alpha value is -3.66. The smallest absolute Gasteiger partial charge is 0.387 e. The highest BCUT2D eigenvalue weighted by molar-refractivity contribution is 7.99. The van der Waals surface area contributed by atoms with Gasteiger partial charge >= 0.3 is 6.61 Å². The topological polar surface area (TPSA) is 82.2 Å². The molecule has 0 aliphatic carbocycles. The van der Waals surface area contributed by atoms with Gasteiger partial charge in [-0.05, 0) is 42.3 Å². The number of rotatable bonds is 10. The number of hydrogen-bond donors (Lipinski definition) is 1. The van der Waals surface area contributed by atoms with Crippen molar-refractivity contribution >= 4 is 17.7 Å². The summed E-state index contributed by atoms with van der Waals surface area (Å²) < 4.78 is 36.8. The van der Waals surface area contributed by atoms with Gasteiger partial charge in [0.25, 0.3) is 0 Å². The number of ether oxygens (including phenoxy) is 1. The normalized spacial score (nSPS) is 12.0. The molecule has 7 nitrogen and oxygen atoms in total. The molecule has 34 heavy (non-hydrogen) atoms. The highest BCUT2D eigenvalue weighted by Gasteiger charge is 2.19.